The van der Waals surface area contributed by atoms with Gasteiger partial charge in [0.05, 0.1) is 26.9 Å². The summed E-state index contributed by atoms with van der Waals surface area (Å²) in [6.45, 7) is 0.372. The molecule has 0 aliphatic carbocycles. The number of hydrogen-bond acceptors (Lipinski definition) is 7. The van der Waals surface area contributed by atoms with Crippen molar-refractivity contribution in [2.45, 2.75) is 6.61 Å². The molecule has 0 N–H and O–H groups in total. The van der Waals surface area contributed by atoms with Gasteiger partial charge in [-0.3, -0.25) is 0 Å². The van der Waals surface area contributed by atoms with Crippen molar-refractivity contribution in [2.24, 2.45) is 0 Å². The molecule has 29 heavy (non-hydrogen) atoms. The summed E-state index contributed by atoms with van der Waals surface area (Å²) in [5.41, 5.74) is 3.04. The standard InChI is InChI=1S/C22H18O7/c1-24-18-6-12(7-19(25-2)21(18)26-3)20-13-8-17-16(28-10-29-17)5-11(13)4-14-15(20)9-27-22(14)23/h4-8H,9-10H2,1-3H3. The Hall–Kier alpha value is -3.61. The number of esters is 1. The Balaban J connectivity index is 1.86. The van der Waals surface area contributed by atoms with Gasteiger partial charge in [0.2, 0.25) is 12.5 Å². The van der Waals surface area contributed by atoms with E-state index < -0.39 is 0 Å². The fourth-order valence-electron chi connectivity index (χ4n) is 3.94. The van der Waals surface area contributed by atoms with Gasteiger partial charge in [-0.05, 0) is 52.2 Å². The van der Waals surface area contributed by atoms with Crippen molar-refractivity contribution < 1.29 is 33.2 Å². The zero-order chi connectivity index (χ0) is 20.1. The summed E-state index contributed by atoms with van der Waals surface area (Å²) in [6.07, 6.45) is 0. The predicted octanol–water partition coefficient (Wildman–Crippen LogP) is 3.93. The third-order valence-corrected chi connectivity index (χ3v) is 5.26. The second-order valence-electron chi connectivity index (χ2n) is 6.69. The molecule has 7 heteroatoms. The molecular weight excluding hydrogens is 376 g/mol. The van der Waals surface area contributed by atoms with Gasteiger partial charge >= 0.3 is 5.97 Å². The number of carbonyl (C=O) groups excluding carboxylic acids is 1. The maximum Gasteiger partial charge on any atom is 0.338 e. The lowest BCUT2D eigenvalue weighted by molar-refractivity contribution is 0.0535. The van der Waals surface area contributed by atoms with E-state index in [1.54, 1.807) is 21.3 Å². The Morgan fingerprint density at radius 3 is 2.17 bits per heavy atom. The quantitative estimate of drug-likeness (QED) is 0.621. The Labute approximate surface area is 166 Å². The van der Waals surface area contributed by atoms with Crippen LogP contribution in [0.1, 0.15) is 15.9 Å². The third-order valence-electron chi connectivity index (χ3n) is 5.26. The van der Waals surface area contributed by atoms with Crippen LogP contribution in [0.3, 0.4) is 0 Å². The molecule has 0 bridgehead atoms. The van der Waals surface area contributed by atoms with E-state index in [2.05, 4.69) is 0 Å². The highest BCUT2D eigenvalue weighted by molar-refractivity contribution is 6.08. The molecule has 5 rings (SSSR count). The lowest BCUT2D eigenvalue weighted by Crippen LogP contribution is -1.98. The van der Waals surface area contributed by atoms with Crippen molar-refractivity contribution in [1.82, 2.24) is 0 Å². The topological polar surface area (TPSA) is 72.5 Å². The molecule has 148 valence electrons. The minimum Gasteiger partial charge on any atom is -0.493 e. The number of fused-ring (bicyclic) bond motifs is 3. The highest BCUT2D eigenvalue weighted by Gasteiger charge is 2.29. The molecule has 0 saturated heterocycles. The molecule has 0 atom stereocenters. The van der Waals surface area contributed by atoms with Crippen LogP contribution in [0, 0.1) is 0 Å². The van der Waals surface area contributed by atoms with Crippen molar-refractivity contribution in [2.75, 3.05) is 28.1 Å². The maximum atomic E-state index is 12.3. The average molecular weight is 394 g/mol. The number of ether oxygens (including phenoxy) is 6. The van der Waals surface area contributed by atoms with Crippen molar-refractivity contribution in [3.05, 3.63) is 41.5 Å². The number of rotatable bonds is 4. The van der Waals surface area contributed by atoms with Gasteiger partial charge < -0.3 is 28.4 Å². The SMILES string of the molecule is COc1cc(-c2c3c(cc4cc5c(cc24)OCO5)C(=O)OC3)cc(OC)c1OC. The van der Waals surface area contributed by atoms with E-state index in [0.717, 1.165) is 27.5 Å². The first-order chi connectivity index (χ1) is 14.1. The predicted molar refractivity (Wildman–Crippen MR) is 104 cm³/mol. The fourth-order valence-corrected chi connectivity index (χ4v) is 3.94. The summed E-state index contributed by atoms with van der Waals surface area (Å²) in [6, 6.07) is 9.38. The number of cyclic esters (lactones) is 1. The maximum absolute atomic E-state index is 12.3. The monoisotopic (exact) mass is 394 g/mol. The van der Waals surface area contributed by atoms with Crippen LogP contribution in [-0.4, -0.2) is 34.1 Å². The summed E-state index contributed by atoms with van der Waals surface area (Å²) >= 11 is 0. The van der Waals surface area contributed by atoms with Crippen molar-refractivity contribution in [1.29, 1.82) is 0 Å². The molecule has 0 aromatic heterocycles. The molecule has 0 spiro atoms. The van der Waals surface area contributed by atoms with Crippen LogP contribution in [-0.2, 0) is 11.3 Å². The number of methoxy groups -OCH3 is 3. The van der Waals surface area contributed by atoms with Crippen molar-refractivity contribution in [3.63, 3.8) is 0 Å². The van der Waals surface area contributed by atoms with Crippen molar-refractivity contribution >= 4 is 16.7 Å². The van der Waals surface area contributed by atoms with E-state index in [0.29, 0.717) is 34.3 Å². The van der Waals surface area contributed by atoms with Crippen LogP contribution in [0.4, 0.5) is 0 Å². The van der Waals surface area contributed by atoms with Gasteiger partial charge in [-0.1, -0.05) is 0 Å². The second-order valence-corrected chi connectivity index (χ2v) is 6.69. The summed E-state index contributed by atoms with van der Waals surface area (Å²) < 4.78 is 32.9. The molecule has 2 aliphatic rings. The highest BCUT2D eigenvalue weighted by atomic mass is 16.7. The van der Waals surface area contributed by atoms with E-state index >= 15 is 0 Å². The highest BCUT2D eigenvalue weighted by Crippen LogP contribution is 2.47. The van der Waals surface area contributed by atoms with E-state index in [9.17, 15) is 4.79 Å². The van der Waals surface area contributed by atoms with E-state index in [1.165, 1.54) is 0 Å². The zero-order valence-electron chi connectivity index (χ0n) is 16.2. The van der Waals surface area contributed by atoms with Gasteiger partial charge in [0.25, 0.3) is 0 Å². The Bertz CT molecular complexity index is 1140. The number of carbonyl (C=O) groups is 1. The van der Waals surface area contributed by atoms with Crippen molar-refractivity contribution in [3.8, 4) is 39.9 Å². The first-order valence-electron chi connectivity index (χ1n) is 9.01. The van der Waals surface area contributed by atoms with Gasteiger partial charge in [0, 0.05) is 5.56 Å². The summed E-state index contributed by atoms with van der Waals surface area (Å²) in [5.74, 6) is 2.53. The van der Waals surface area contributed by atoms with Crippen LogP contribution in [0.15, 0.2) is 30.3 Å². The molecule has 0 radical (unpaired) electrons. The Morgan fingerprint density at radius 2 is 1.52 bits per heavy atom. The summed E-state index contributed by atoms with van der Waals surface area (Å²) in [5, 5.41) is 1.77. The molecule has 7 nitrogen and oxygen atoms in total. The minimum absolute atomic E-state index is 0.174. The van der Waals surface area contributed by atoms with Crippen LogP contribution in [0.5, 0.6) is 28.7 Å². The van der Waals surface area contributed by atoms with Crippen LogP contribution in [0.25, 0.3) is 21.9 Å². The zero-order valence-corrected chi connectivity index (χ0v) is 16.2. The van der Waals surface area contributed by atoms with Crippen LogP contribution >= 0.6 is 0 Å². The molecule has 2 aliphatic heterocycles. The van der Waals surface area contributed by atoms with Crippen LogP contribution in [0.2, 0.25) is 0 Å². The van der Waals surface area contributed by atoms with E-state index in [1.807, 2.05) is 30.3 Å². The average Bonchev–Trinajstić information content (AvgIpc) is 3.35. The van der Waals surface area contributed by atoms with Gasteiger partial charge in [0.1, 0.15) is 6.61 Å². The van der Waals surface area contributed by atoms with Gasteiger partial charge in [0.15, 0.2) is 23.0 Å². The molecule has 0 amide bonds. The van der Waals surface area contributed by atoms with Crippen LogP contribution < -0.4 is 23.7 Å². The molecule has 0 unspecified atom stereocenters. The van der Waals surface area contributed by atoms with Gasteiger partial charge in [-0.15, -0.1) is 0 Å². The third kappa shape index (κ3) is 2.54. The first-order valence-corrected chi connectivity index (χ1v) is 9.01. The molecule has 3 aromatic carbocycles. The Kier molecular flexibility index (Phi) is 3.91. The number of hydrogen-bond donors (Lipinski definition) is 0. The van der Waals surface area contributed by atoms with E-state index in [-0.39, 0.29) is 19.4 Å². The smallest absolute Gasteiger partial charge is 0.338 e. The largest absolute Gasteiger partial charge is 0.493 e. The molecule has 3 aromatic rings. The minimum atomic E-state index is -0.340. The van der Waals surface area contributed by atoms with E-state index in [4.69, 9.17) is 28.4 Å². The summed E-state index contributed by atoms with van der Waals surface area (Å²) in [7, 11) is 4.70. The Morgan fingerprint density at radius 1 is 0.828 bits per heavy atom. The molecular formula is C22H18O7. The molecule has 2 heterocycles. The fraction of sp³-hybridized carbons (Fsp3) is 0.227. The summed E-state index contributed by atoms with van der Waals surface area (Å²) in [4.78, 5) is 12.3. The van der Waals surface area contributed by atoms with Gasteiger partial charge in [-0.2, -0.15) is 0 Å². The molecule has 0 saturated carbocycles. The van der Waals surface area contributed by atoms with Gasteiger partial charge in [-0.25, -0.2) is 4.79 Å². The molecule has 0 fully saturated rings. The first kappa shape index (κ1) is 17.5. The normalized spacial score (nSPS) is 14.0. The second kappa shape index (κ2) is 6.48. The lowest BCUT2D eigenvalue weighted by Gasteiger charge is -2.17. The number of benzene rings is 3. The lowest BCUT2D eigenvalue weighted by atomic mass is 9.90.